The molecule has 2 aliphatic carbocycles. The van der Waals surface area contributed by atoms with Gasteiger partial charge in [-0.15, -0.1) is 0 Å². The van der Waals surface area contributed by atoms with Gasteiger partial charge in [-0.05, 0) is 55.4 Å². The first-order chi connectivity index (χ1) is 8.36. The molecule has 1 N–H and O–H groups in total. The maximum absolute atomic E-state index is 10.2. The van der Waals surface area contributed by atoms with Crippen LogP contribution in [-0.4, -0.2) is 11.2 Å². The van der Waals surface area contributed by atoms with E-state index in [-0.39, 0.29) is 6.10 Å². The molecular formula is C16H22O. The lowest BCUT2D eigenvalue weighted by molar-refractivity contribution is 0.124. The topological polar surface area (TPSA) is 20.2 Å². The Morgan fingerprint density at radius 2 is 1.82 bits per heavy atom. The molecule has 2 fully saturated rings. The second-order valence-corrected chi connectivity index (χ2v) is 5.78. The standard InChI is InChI=1S/C16H22O/c17-15(16-13-9-5-10-14(13)16)11-4-8-12-6-2-1-3-7-12/h1-3,6-7,13-17H,4-5,8-11H2. The molecule has 17 heavy (non-hydrogen) atoms. The lowest BCUT2D eigenvalue weighted by Gasteiger charge is -2.12. The van der Waals surface area contributed by atoms with Crippen LogP contribution in [0.15, 0.2) is 30.3 Å². The molecular weight excluding hydrogens is 208 g/mol. The normalized spacial score (nSPS) is 32.2. The van der Waals surface area contributed by atoms with Crippen molar-refractivity contribution >= 4 is 0 Å². The molecule has 3 unspecified atom stereocenters. The highest BCUT2D eigenvalue weighted by Crippen LogP contribution is 2.59. The summed E-state index contributed by atoms with van der Waals surface area (Å²) in [5, 5.41) is 10.2. The summed E-state index contributed by atoms with van der Waals surface area (Å²) >= 11 is 0. The number of fused-ring (bicyclic) bond motifs is 1. The highest BCUT2D eigenvalue weighted by atomic mass is 16.3. The van der Waals surface area contributed by atoms with E-state index in [1.165, 1.54) is 24.8 Å². The molecule has 1 aromatic carbocycles. The van der Waals surface area contributed by atoms with Crippen molar-refractivity contribution in [3.8, 4) is 0 Å². The summed E-state index contributed by atoms with van der Waals surface area (Å²) in [6, 6.07) is 10.6. The Labute approximate surface area is 104 Å². The van der Waals surface area contributed by atoms with E-state index in [9.17, 15) is 5.11 Å². The zero-order valence-electron chi connectivity index (χ0n) is 10.4. The Balaban J connectivity index is 1.40. The van der Waals surface area contributed by atoms with E-state index in [1.807, 2.05) is 0 Å². The van der Waals surface area contributed by atoms with Crippen LogP contribution in [0.5, 0.6) is 0 Å². The zero-order valence-corrected chi connectivity index (χ0v) is 10.4. The van der Waals surface area contributed by atoms with E-state index in [4.69, 9.17) is 0 Å². The second kappa shape index (κ2) is 4.81. The van der Waals surface area contributed by atoms with Crippen LogP contribution < -0.4 is 0 Å². The maximum Gasteiger partial charge on any atom is 0.0574 e. The molecule has 0 aliphatic heterocycles. The summed E-state index contributed by atoms with van der Waals surface area (Å²) < 4.78 is 0. The molecule has 1 heteroatoms. The monoisotopic (exact) mass is 230 g/mol. The number of aliphatic hydroxyl groups is 1. The molecule has 2 saturated carbocycles. The Morgan fingerprint density at radius 3 is 2.53 bits per heavy atom. The highest BCUT2D eigenvalue weighted by molar-refractivity contribution is 5.14. The van der Waals surface area contributed by atoms with Crippen molar-refractivity contribution in [1.82, 2.24) is 0 Å². The van der Waals surface area contributed by atoms with E-state index in [0.717, 1.165) is 31.1 Å². The molecule has 92 valence electrons. The fraction of sp³-hybridized carbons (Fsp3) is 0.625. The lowest BCUT2D eigenvalue weighted by Crippen LogP contribution is -2.13. The van der Waals surface area contributed by atoms with Crippen molar-refractivity contribution in [1.29, 1.82) is 0 Å². The summed E-state index contributed by atoms with van der Waals surface area (Å²) in [7, 11) is 0. The summed E-state index contributed by atoms with van der Waals surface area (Å²) in [5.74, 6) is 2.45. The number of hydrogen-bond donors (Lipinski definition) is 1. The first-order valence-corrected chi connectivity index (χ1v) is 7.08. The van der Waals surface area contributed by atoms with E-state index in [1.54, 1.807) is 0 Å². The summed E-state index contributed by atoms with van der Waals surface area (Å²) in [6.45, 7) is 0. The van der Waals surface area contributed by atoms with Crippen molar-refractivity contribution in [2.75, 3.05) is 0 Å². The predicted molar refractivity (Wildman–Crippen MR) is 69.7 cm³/mol. The van der Waals surface area contributed by atoms with Gasteiger partial charge in [-0.3, -0.25) is 0 Å². The minimum absolute atomic E-state index is 0.0194. The summed E-state index contributed by atoms with van der Waals surface area (Å²) in [6.07, 6.45) is 7.38. The number of aliphatic hydroxyl groups excluding tert-OH is 1. The van der Waals surface area contributed by atoms with Crippen LogP contribution in [0.2, 0.25) is 0 Å². The number of benzene rings is 1. The molecule has 0 radical (unpaired) electrons. The number of hydrogen-bond acceptors (Lipinski definition) is 1. The molecule has 0 spiro atoms. The lowest BCUT2D eigenvalue weighted by atomic mass is 10.00. The molecule has 0 heterocycles. The van der Waals surface area contributed by atoms with Crippen molar-refractivity contribution < 1.29 is 5.11 Å². The Kier molecular flexibility index (Phi) is 3.19. The van der Waals surface area contributed by atoms with Crippen LogP contribution in [0.25, 0.3) is 0 Å². The van der Waals surface area contributed by atoms with Crippen LogP contribution in [0, 0.1) is 17.8 Å². The zero-order chi connectivity index (χ0) is 11.7. The molecule has 1 nitrogen and oxygen atoms in total. The van der Waals surface area contributed by atoms with E-state index >= 15 is 0 Å². The van der Waals surface area contributed by atoms with Crippen LogP contribution in [0.3, 0.4) is 0 Å². The van der Waals surface area contributed by atoms with Gasteiger partial charge in [0.25, 0.3) is 0 Å². The SMILES string of the molecule is OC(CCCc1ccccc1)C1C2CCCC21. The van der Waals surface area contributed by atoms with Crippen molar-refractivity contribution in [2.24, 2.45) is 17.8 Å². The first-order valence-electron chi connectivity index (χ1n) is 7.08. The molecule has 3 rings (SSSR count). The van der Waals surface area contributed by atoms with Gasteiger partial charge in [0.1, 0.15) is 0 Å². The van der Waals surface area contributed by atoms with Crippen LogP contribution in [0.1, 0.15) is 37.7 Å². The van der Waals surface area contributed by atoms with Gasteiger partial charge in [0.2, 0.25) is 0 Å². The van der Waals surface area contributed by atoms with Gasteiger partial charge in [0.05, 0.1) is 6.10 Å². The highest BCUT2D eigenvalue weighted by Gasteiger charge is 2.55. The average Bonchev–Trinajstić information content (AvgIpc) is 2.84. The molecule has 0 amide bonds. The van der Waals surface area contributed by atoms with Gasteiger partial charge in [-0.2, -0.15) is 0 Å². The van der Waals surface area contributed by atoms with Gasteiger partial charge < -0.3 is 5.11 Å². The van der Waals surface area contributed by atoms with Crippen molar-refractivity contribution in [2.45, 2.75) is 44.6 Å². The van der Waals surface area contributed by atoms with Crippen LogP contribution in [-0.2, 0) is 6.42 Å². The molecule has 0 aromatic heterocycles. The van der Waals surface area contributed by atoms with Gasteiger partial charge in [-0.25, -0.2) is 0 Å². The van der Waals surface area contributed by atoms with Crippen LogP contribution in [0.4, 0.5) is 0 Å². The van der Waals surface area contributed by atoms with Gasteiger partial charge >= 0.3 is 0 Å². The third kappa shape index (κ3) is 2.40. The van der Waals surface area contributed by atoms with Crippen molar-refractivity contribution in [3.63, 3.8) is 0 Å². The number of rotatable bonds is 5. The average molecular weight is 230 g/mol. The van der Waals surface area contributed by atoms with E-state index < -0.39 is 0 Å². The molecule has 2 aliphatic rings. The Morgan fingerprint density at radius 1 is 1.12 bits per heavy atom. The second-order valence-electron chi connectivity index (χ2n) is 5.78. The Bertz CT molecular complexity index is 349. The molecule has 1 aromatic rings. The first kappa shape index (κ1) is 11.3. The summed E-state index contributed by atoms with van der Waals surface area (Å²) in [5.41, 5.74) is 1.40. The van der Waals surface area contributed by atoms with E-state index in [0.29, 0.717) is 5.92 Å². The summed E-state index contributed by atoms with van der Waals surface area (Å²) in [4.78, 5) is 0. The quantitative estimate of drug-likeness (QED) is 0.821. The molecule has 0 bridgehead atoms. The van der Waals surface area contributed by atoms with Crippen molar-refractivity contribution in [3.05, 3.63) is 35.9 Å². The number of aryl methyl sites for hydroxylation is 1. The largest absolute Gasteiger partial charge is 0.393 e. The maximum atomic E-state index is 10.2. The minimum atomic E-state index is -0.0194. The molecule has 3 atom stereocenters. The van der Waals surface area contributed by atoms with Gasteiger partial charge in [0.15, 0.2) is 0 Å². The third-order valence-corrected chi connectivity index (χ3v) is 4.73. The smallest absolute Gasteiger partial charge is 0.0574 e. The molecule has 0 saturated heterocycles. The Hall–Kier alpha value is -0.820. The van der Waals surface area contributed by atoms with Gasteiger partial charge in [0, 0.05) is 0 Å². The third-order valence-electron chi connectivity index (χ3n) is 4.73. The van der Waals surface area contributed by atoms with E-state index in [2.05, 4.69) is 30.3 Å². The fourth-order valence-electron chi connectivity index (χ4n) is 3.80. The fourth-order valence-corrected chi connectivity index (χ4v) is 3.80. The van der Waals surface area contributed by atoms with Gasteiger partial charge in [-0.1, -0.05) is 36.8 Å². The van der Waals surface area contributed by atoms with Crippen LogP contribution >= 0.6 is 0 Å². The predicted octanol–water partition coefficient (Wildman–Crippen LogP) is 3.42. The minimum Gasteiger partial charge on any atom is -0.393 e.